The topological polar surface area (TPSA) is 50.4 Å². The van der Waals surface area contributed by atoms with Gasteiger partial charge in [0.1, 0.15) is 5.75 Å². The lowest BCUT2D eigenvalue weighted by Crippen LogP contribution is -2.13. The summed E-state index contributed by atoms with van der Waals surface area (Å²) in [5, 5.41) is 6.25. The molecule has 0 aliphatic carbocycles. The van der Waals surface area contributed by atoms with Crippen LogP contribution in [0.1, 0.15) is 21.5 Å². The van der Waals surface area contributed by atoms with Crippen LogP contribution >= 0.6 is 0 Å². The number of aryl methyl sites for hydroxylation is 1. The highest BCUT2D eigenvalue weighted by Gasteiger charge is 2.15. The number of nitrogens with one attached hydrogen (secondary N) is 2. The molecule has 2 N–H and O–H groups in total. The maximum atomic E-state index is 12.4. The van der Waals surface area contributed by atoms with E-state index in [9.17, 15) is 4.79 Å². The summed E-state index contributed by atoms with van der Waals surface area (Å²) in [4.78, 5) is 12.4. The molecule has 0 radical (unpaired) electrons. The fraction of sp³-hybridized carbons (Fsp3) is 0.235. The zero-order valence-electron chi connectivity index (χ0n) is 12.2. The van der Waals surface area contributed by atoms with Crippen LogP contribution in [0.5, 0.6) is 5.75 Å². The summed E-state index contributed by atoms with van der Waals surface area (Å²) in [5.41, 5.74) is 4.78. The molecule has 1 aliphatic heterocycles. The van der Waals surface area contributed by atoms with E-state index >= 15 is 0 Å². The smallest absolute Gasteiger partial charge is 0.259 e. The molecular weight excluding hydrogens is 264 g/mol. The van der Waals surface area contributed by atoms with Crippen molar-refractivity contribution in [2.24, 2.45) is 0 Å². The third kappa shape index (κ3) is 2.70. The third-order valence-corrected chi connectivity index (χ3v) is 3.67. The molecule has 0 saturated carbocycles. The summed E-state index contributed by atoms with van der Waals surface area (Å²) < 4.78 is 5.26. The number of benzene rings is 2. The van der Waals surface area contributed by atoms with Crippen LogP contribution in [0.4, 0.5) is 11.4 Å². The Morgan fingerprint density at radius 3 is 2.90 bits per heavy atom. The molecule has 3 rings (SSSR count). The van der Waals surface area contributed by atoms with E-state index in [4.69, 9.17) is 4.74 Å². The molecule has 0 aromatic heterocycles. The first-order chi connectivity index (χ1) is 10.2. The van der Waals surface area contributed by atoms with E-state index in [-0.39, 0.29) is 5.91 Å². The second-order valence-corrected chi connectivity index (χ2v) is 5.21. The Hall–Kier alpha value is -2.49. The number of rotatable bonds is 3. The number of hydrogen-bond acceptors (Lipinski definition) is 3. The van der Waals surface area contributed by atoms with Crippen LogP contribution in [0, 0.1) is 6.92 Å². The summed E-state index contributed by atoms with van der Waals surface area (Å²) in [7, 11) is 1.57. The standard InChI is InChI=1S/C17H18N2O2/c1-11-3-6-16(21-2)14(9-11)17(20)19-13-4-5-15-12(10-13)7-8-18-15/h3-6,9-10,18H,7-8H2,1-2H3,(H,19,20). The van der Waals surface area contributed by atoms with Crippen molar-refractivity contribution in [2.75, 3.05) is 24.3 Å². The van der Waals surface area contributed by atoms with Crippen LogP contribution in [-0.2, 0) is 6.42 Å². The number of carbonyl (C=O) groups excluding carboxylic acids is 1. The van der Waals surface area contributed by atoms with Gasteiger partial charge in [0.15, 0.2) is 0 Å². The lowest BCUT2D eigenvalue weighted by atomic mass is 10.1. The maximum Gasteiger partial charge on any atom is 0.259 e. The molecule has 0 unspecified atom stereocenters. The van der Waals surface area contributed by atoms with Crippen molar-refractivity contribution in [2.45, 2.75) is 13.3 Å². The normalized spacial score (nSPS) is 12.5. The van der Waals surface area contributed by atoms with Crippen LogP contribution in [0.25, 0.3) is 0 Å². The molecule has 2 aromatic carbocycles. The van der Waals surface area contributed by atoms with Gasteiger partial charge in [-0.1, -0.05) is 11.6 Å². The van der Waals surface area contributed by atoms with Crippen molar-refractivity contribution >= 4 is 17.3 Å². The Kier molecular flexibility index (Phi) is 3.52. The Balaban J connectivity index is 1.85. The van der Waals surface area contributed by atoms with Gasteiger partial charge in [0, 0.05) is 17.9 Å². The first-order valence-electron chi connectivity index (χ1n) is 7.00. The third-order valence-electron chi connectivity index (χ3n) is 3.67. The average molecular weight is 282 g/mol. The summed E-state index contributed by atoms with van der Waals surface area (Å²) in [5.74, 6) is 0.433. The summed E-state index contributed by atoms with van der Waals surface area (Å²) in [6.07, 6.45) is 0.993. The molecule has 1 aliphatic rings. The fourth-order valence-corrected chi connectivity index (χ4v) is 2.58. The Morgan fingerprint density at radius 1 is 1.24 bits per heavy atom. The highest BCUT2D eigenvalue weighted by Crippen LogP contribution is 2.26. The molecule has 0 atom stereocenters. The Bertz CT molecular complexity index is 695. The molecule has 0 fully saturated rings. The number of ether oxygens (including phenoxy) is 1. The molecule has 0 spiro atoms. The second-order valence-electron chi connectivity index (χ2n) is 5.21. The predicted octanol–water partition coefficient (Wildman–Crippen LogP) is 3.22. The van der Waals surface area contributed by atoms with Crippen LogP contribution in [-0.4, -0.2) is 19.6 Å². The molecule has 0 saturated heterocycles. The van der Waals surface area contributed by atoms with E-state index < -0.39 is 0 Å². The molecule has 1 amide bonds. The predicted molar refractivity (Wildman–Crippen MR) is 84.3 cm³/mol. The van der Waals surface area contributed by atoms with Gasteiger partial charge < -0.3 is 15.4 Å². The van der Waals surface area contributed by atoms with Gasteiger partial charge in [-0.15, -0.1) is 0 Å². The van der Waals surface area contributed by atoms with Gasteiger partial charge >= 0.3 is 0 Å². The lowest BCUT2D eigenvalue weighted by molar-refractivity contribution is 0.102. The van der Waals surface area contributed by atoms with Crippen molar-refractivity contribution in [3.05, 3.63) is 53.1 Å². The van der Waals surface area contributed by atoms with Crippen molar-refractivity contribution in [3.63, 3.8) is 0 Å². The zero-order valence-corrected chi connectivity index (χ0v) is 12.2. The van der Waals surface area contributed by atoms with Gasteiger partial charge in [-0.3, -0.25) is 4.79 Å². The van der Waals surface area contributed by atoms with Crippen molar-refractivity contribution in [1.82, 2.24) is 0 Å². The first-order valence-corrected chi connectivity index (χ1v) is 7.00. The molecule has 0 bridgehead atoms. The summed E-state index contributed by atoms with van der Waals surface area (Å²) in [6.45, 7) is 2.91. The van der Waals surface area contributed by atoms with Crippen molar-refractivity contribution < 1.29 is 9.53 Å². The quantitative estimate of drug-likeness (QED) is 0.908. The van der Waals surface area contributed by atoms with Crippen LogP contribution in [0.2, 0.25) is 0 Å². The number of amides is 1. The maximum absolute atomic E-state index is 12.4. The zero-order chi connectivity index (χ0) is 14.8. The highest BCUT2D eigenvalue weighted by molar-refractivity contribution is 6.06. The highest BCUT2D eigenvalue weighted by atomic mass is 16.5. The fourth-order valence-electron chi connectivity index (χ4n) is 2.58. The first kappa shape index (κ1) is 13.5. The molecule has 21 heavy (non-hydrogen) atoms. The van der Waals surface area contributed by atoms with E-state index in [0.717, 1.165) is 29.9 Å². The molecular formula is C17H18N2O2. The van der Waals surface area contributed by atoms with Gasteiger partial charge in [-0.25, -0.2) is 0 Å². The number of fused-ring (bicyclic) bond motifs is 1. The summed E-state index contributed by atoms with van der Waals surface area (Å²) in [6, 6.07) is 11.5. The SMILES string of the molecule is COc1ccc(C)cc1C(=O)Nc1ccc2c(c1)CCN2. The van der Waals surface area contributed by atoms with Gasteiger partial charge in [-0.2, -0.15) is 0 Å². The van der Waals surface area contributed by atoms with Gasteiger partial charge in [-0.05, 0) is 49.2 Å². The minimum Gasteiger partial charge on any atom is -0.496 e. The molecule has 4 nitrogen and oxygen atoms in total. The summed E-state index contributed by atoms with van der Waals surface area (Å²) >= 11 is 0. The molecule has 4 heteroatoms. The largest absolute Gasteiger partial charge is 0.496 e. The van der Waals surface area contributed by atoms with E-state index in [1.54, 1.807) is 7.11 Å². The van der Waals surface area contributed by atoms with Gasteiger partial charge in [0.05, 0.1) is 12.7 Å². The van der Waals surface area contributed by atoms with Gasteiger partial charge in [0.25, 0.3) is 5.91 Å². The molecule has 2 aromatic rings. The molecule has 108 valence electrons. The Morgan fingerprint density at radius 2 is 2.10 bits per heavy atom. The van der Waals surface area contributed by atoms with E-state index in [1.807, 2.05) is 43.3 Å². The van der Waals surface area contributed by atoms with Crippen LogP contribution in [0.3, 0.4) is 0 Å². The molecule has 1 heterocycles. The number of anilines is 2. The van der Waals surface area contributed by atoms with Crippen molar-refractivity contribution in [1.29, 1.82) is 0 Å². The van der Waals surface area contributed by atoms with E-state index in [0.29, 0.717) is 11.3 Å². The average Bonchev–Trinajstić information content (AvgIpc) is 2.94. The Labute approximate surface area is 124 Å². The lowest BCUT2D eigenvalue weighted by Gasteiger charge is -2.11. The second kappa shape index (κ2) is 5.48. The van der Waals surface area contributed by atoms with Gasteiger partial charge in [0.2, 0.25) is 0 Å². The number of hydrogen-bond donors (Lipinski definition) is 2. The number of carbonyl (C=O) groups is 1. The van der Waals surface area contributed by atoms with Crippen molar-refractivity contribution in [3.8, 4) is 5.75 Å². The minimum atomic E-state index is -0.151. The monoisotopic (exact) mass is 282 g/mol. The van der Waals surface area contributed by atoms with Crippen LogP contribution < -0.4 is 15.4 Å². The number of methoxy groups -OCH3 is 1. The van der Waals surface area contributed by atoms with E-state index in [1.165, 1.54) is 5.56 Å². The minimum absolute atomic E-state index is 0.151. The van der Waals surface area contributed by atoms with Crippen LogP contribution in [0.15, 0.2) is 36.4 Å². The van der Waals surface area contributed by atoms with E-state index in [2.05, 4.69) is 10.6 Å².